The average molecular weight is 263 g/mol. The fraction of sp³-hybridized carbons (Fsp3) is 0.562. The van der Waals surface area contributed by atoms with E-state index in [4.69, 9.17) is 0 Å². The van der Waals surface area contributed by atoms with Crippen molar-refractivity contribution in [1.29, 1.82) is 0 Å². The van der Waals surface area contributed by atoms with Crippen LogP contribution in [0.4, 0.5) is 10.1 Å². The van der Waals surface area contributed by atoms with Crippen LogP contribution in [0.25, 0.3) is 0 Å². The molecule has 0 bridgehead atoms. The molecule has 2 rings (SSSR count). The highest BCUT2D eigenvalue weighted by Crippen LogP contribution is 2.31. The molecule has 1 aromatic rings. The van der Waals surface area contributed by atoms with Crippen LogP contribution in [0.3, 0.4) is 0 Å². The van der Waals surface area contributed by atoms with Crippen LogP contribution in [-0.4, -0.2) is 18.9 Å². The van der Waals surface area contributed by atoms with Crippen molar-refractivity contribution in [3.05, 3.63) is 29.6 Å². The van der Waals surface area contributed by atoms with Crippen LogP contribution in [-0.2, 0) is 0 Å². The highest BCUT2D eigenvalue weighted by Gasteiger charge is 2.25. The van der Waals surface area contributed by atoms with E-state index in [-0.39, 0.29) is 11.6 Å². The minimum Gasteiger partial charge on any atom is -0.369 e. The van der Waals surface area contributed by atoms with Crippen LogP contribution in [0.5, 0.6) is 0 Å². The van der Waals surface area contributed by atoms with E-state index in [1.165, 1.54) is 13.0 Å². The monoisotopic (exact) mass is 263 g/mol. The van der Waals surface area contributed by atoms with E-state index in [2.05, 4.69) is 13.8 Å². The molecule has 0 radical (unpaired) electrons. The Morgan fingerprint density at radius 1 is 1.32 bits per heavy atom. The zero-order valence-electron chi connectivity index (χ0n) is 11.9. The molecule has 0 unspecified atom stereocenters. The summed E-state index contributed by atoms with van der Waals surface area (Å²) in [5.41, 5.74) is 1.00. The molecule has 0 spiro atoms. The standard InChI is InChI=1S/C16H22FNO/c1-11(2)13-7-9-18(10-8-13)16-14(12(3)19)5-4-6-15(16)17/h4-6,11,13H,7-10H2,1-3H3. The van der Waals surface area contributed by atoms with Gasteiger partial charge in [-0.2, -0.15) is 0 Å². The fourth-order valence-corrected chi connectivity index (χ4v) is 2.91. The number of anilines is 1. The maximum atomic E-state index is 14.1. The van der Waals surface area contributed by atoms with Crippen LogP contribution >= 0.6 is 0 Å². The number of halogens is 1. The molecule has 0 N–H and O–H groups in total. The number of benzene rings is 1. The summed E-state index contributed by atoms with van der Waals surface area (Å²) in [5, 5.41) is 0. The van der Waals surface area contributed by atoms with Crippen molar-refractivity contribution in [3.63, 3.8) is 0 Å². The second kappa shape index (κ2) is 5.72. The van der Waals surface area contributed by atoms with Gasteiger partial charge in [0.1, 0.15) is 5.82 Å². The molecule has 1 aliphatic heterocycles. The van der Waals surface area contributed by atoms with E-state index in [1.54, 1.807) is 12.1 Å². The molecule has 2 nitrogen and oxygen atoms in total. The third-order valence-corrected chi connectivity index (χ3v) is 4.16. The largest absolute Gasteiger partial charge is 0.369 e. The second-order valence-corrected chi connectivity index (χ2v) is 5.76. The van der Waals surface area contributed by atoms with Crippen LogP contribution in [0.15, 0.2) is 18.2 Å². The lowest BCUT2D eigenvalue weighted by Crippen LogP contribution is -2.36. The first kappa shape index (κ1) is 14.0. The van der Waals surface area contributed by atoms with Crippen molar-refractivity contribution in [2.75, 3.05) is 18.0 Å². The lowest BCUT2D eigenvalue weighted by atomic mass is 9.86. The molecule has 1 aliphatic rings. The van der Waals surface area contributed by atoms with E-state index in [9.17, 15) is 9.18 Å². The highest BCUT2D eigenvalue weighted by molar-refractivity contribution is 5.99. The predicted octanol–water partition coefficient (Wildman–Crippen LogP) is 3.90. The Kier molecular flexibility index (Phi) is 4.23. The lowest BCUT2D eigenvalue weighted by molar-refractivity contribution is 0.101. The summed E-state index contributed by atoms with van der Waals surface area (Å²) in [6.07, 6.45) is 2.15. The lowest BCUT2D eigenvalue weighted by Gasteiger charge is -2.36. The number of ketones is 1. The SMILES string of the molecule is CC(=O)c1cccc(F)c1N1CCC(C(C)C)CC1. The van der Waals surface area contributed by atoms with Gasteiger partial charge in [-0.1, -0.05) is 19.9 Å². The number of hydrogen-bond donors (Lipinski definition) is 0. The van der Waals surface area contributed by atoms with Gasteiger partial charge in [-0.15, -0.1) is 0 Å². The van der Waals surface area contributed by atoms with Crippen LogP contribution in [0.1, 0.15) is 44.0 Å². The number of carbonyl (C=O) groups is 1. The Bertz CT molecular complexity index is 462. The molecule has 0 saturated carbocycles. The molecular formula is C16H22FNO. The fourth-order valence-electron chi connectivity index (χ4n) is 2.91. The molecule has 1 heterocycles. The van der Waals surface area contributed by atoms with E-state index < -0.39 is 0 Å². The van der Waals surface area contributed by atoms with E-state index in [0.29, 0.717) is 23.1 Å². The molecule has 1 aromatic carbocycles. The summed E-state index contributed by atoms with van der Waals surface area (Å²) in [7, 11) is 0. The van der Waals surface area contributed by atoms with Gasteiger partial charge in [-0.25, -0.2) is 4.39 Å². The smallest absolute Gasteiger partial charge is 0.161 e. The predicted molar refractivity (Wildman–Crippen MR) is 76.2 cm³/mol. The quantitative estimate of drug-likeness (QED) is 0.771. The summed E-state index contributed by atoms with van der Waals surface area (Å²) in [5.74, 6) is 1.04. The maximum Gasteiger partial charge on any atom is 0.161 e. The normalized spacial score (nSPS) is 17.0. The maximum absolute atomic E-state index is 14.1. The van der Waals surface area contributed by atoms with Gasteiger partial charge in [-0.3, -0.25) is 4.79 Å². The van der Waals surface area contributed by atoms with Crippen molar-refractivity contribution in [1.82, 2.24) is 0 Å². The molecule has 3 heteroatoms. The first-order valence-electron chi connectivity index (χ1n) is 7.05. The first-order chi connectivity index (χ1) is 9.00. The summed E-state index contributed by atoms with van der Waals surface area (Å²) >= 11 is 0. The zero-order chi connectivity index (χ0) is 14.0. The first-order valence-corrected chi connectivity index (χ1v) is 7.05. The number of hydrogen-bond acceptors (Lipinski definition) is 2. The number of para-hydroxylation sites is 1. The third-order valence-electron chi connectivity index (χ3n) is 4.16. The van der Waals surface area contributed by atoms with Gasteiger partial charge >= 0.3 is 0 Å². The number of carbonyl (C=O) groups excluding carboxylic acids is 1. The van der Waals surface area contributed by atoms with Crippen molar-refractivity contribution in [3.8, 4) is 0 Å². The highest BCUT2D eigenvalue weighted by atomic mass is 19.1. The second-order valence-electron chi connectivity index (χ2n) is 5.76. The summed E-state index contributed by atoms with van der Waals surface area (Å²) in [4.78, 5) is 13.7. The van der Waals surface area contributed by atoms with Crippen LogP contribution in [0.2, 0.25) is 0 Å². The van der Waals surface area contributed by atoms with Gasteiger partial charge in [-0.05, 0) is 43.7 Å². The van der Waals surface area contributed by atoms with Crippen molar-refractivity contribution >= 4 is 11.5 Å². The Hall–Kier alpha value is -1.38. The molecule has 1 saturated heterocycles. The number of rotatable bonds is 3. The Morgan fingerprint density at radius 2 is 1.95 bits per heavy atom. The molecular weight excluding hydrogens is 241 g/mol. The third kappa shape index (κ3) is 2.96. The van der Waals surface area contributed by atoms with Crippen molar-refractivity contribution < 1.29 is 9.18 Å². The van der Waals surface area contributed by atoms with Gasteiger partial charge in [0.05, 0.1) is 5.69 Å². The molecule has 0 aliphatic carbocycles. The Labute approximate surface area is 114 Å². The van der Waals surface area contributed by atoms with E-state index >= 15 is 0 Å². The molecule has 104 valence electrons. The van der Waals surface area contributed by atoms with E-state index in [1.807, 2.05) is 4.90 Å². The number of piperidine rings is 1. The molecule has 1 fully saturated rings. The van der Waals surface area contributed by atoms with Gasteiger partial charge in [0.2, 0.25) is 0 Å². The van der Waals surface area contributed by atoms with Gasteiger partial charge < -0.3 is 4.90 Å². The Balaban J connectivity index is 2.22. The minimum absolute atomic E-state index is 0.0690. The topological polar surface area (TPSA) is 20.3 Å². The van der Waals surface area contributed by atoms with Crippen LogP contribution in [0, 0.1) is 17.7 Å². The van der Waals surface area contributed by atoms with E-state index in [0.717, 1.165) is 25.9 Å². The zero-order valence-corrected chi connectivity index (χ0v) is 11.9. The summed E-state index contributed by atoms with van der Waals surface area (Å²) in [6.45, 7) is 7.65. The van der Waals surface area contributed by atoms with Crippen molar-refractivity contribution in [2.45, 2.75) is 33.6 Å². The number of Topliss-reactive ketones (excluding diaryl/α,β-unsaturated/α-hetero) is 1. The van der Waals surface area contributed by atoms with Crippen LogP contribution < -0.4 is 4.90 Å². The minimum atomic E-state index is -0.282. The van der Waals surface area contributed by atoms with Gasteiger partial charge in [0, 0.05) is 18.7 Å². The average Bonchev–Trinajstić information content (AvgIpc) is 2.38. The summed E-state index contributed by atoms with van der Waals surface area (Å²) < 4.78 is 14.1. The molecule has 0 amide bonds. The van der Waals surface area contributed by atoms with Crippen molar-refractivity contribution in [2.24, 2.45) is 11.8 Å². The van der Waals surface area contributed by atoms with Gasteiger partial charge in [0.25, 0.3) is 0 Å². The molecule has 19 heavy (non-hydrogen) atoms. The summed E-state index contributed by atoms with van der Waals surface area (Å²) in [6, 6.07) is 4.77. The Morgan fingerprint density at radius 3 is 2.47 bits per heavy atom. The van der Waals surface area contributed by atoms with Gasteiger partial charge in [0.15, 0.2) is 5.78 Å². The molecule has 0 atom stereocenters. The molecule has 0 aromatic heterocycles. The number of nitrogens with zero attached hydrogens (tertiary/aromatic N) is 1.